The van der Waals surface area contributed by atoms with E-state index >= 15 is 0 Å². The molecule has 0 radical (unpaired) electrons. The molecular weight excluding hydrogens is 288 g/mol. The molecule has 0 aliphatic heterocycles. The predicted octanol–water partition coefficient (Wildman–Crippen LogP) is 4.94. The first-order chi connectivity index (χ1) is 11.2. The van der Waals surface area contributed by atoms with Gasteiger partial charge in [-0.15, -0.1) is 0 Å². The van der Waals surface area contributed by atoms with E-state index < -0.39 is 5.97 Å². The predicted molar refractivity (Wildman–Crippen MR) is 94.8 cm³/mol. The minimum absolute atomic E-state index is 0.238. The molecule has 0 heterocycles. The number of ether oxygens (including phenoxy) is 1. The van der Waals surface area contributed by atoms with Crippen molar-refractivity contribution in [2.45, 2.75) is 38.5 Å². The van der Waals surface area contributed by atoms with E-state index in [9.17, 15) is 4.79 Å². The molecule has 3 nitrogen and oxygen atoms in total. The molecule has 0 aliphatic rings. The quantitative estimate of drug-likeness (QED) is 0.465. The largest absolute Gasteiger partial charge is 0.497 e. The summed E-state index contributed by atoms with van der Waals surface area (Å²) in [6.07, 6.45) is 17.1. The van der Waals surface area contributed by atoms with Crippen molar-refractivity contribution >= 4 is 5.97 Å². The summed E-state index contributed by atoms with van der Waals surface area (Å²) in [7, 11) is 1.68. The van der Waals surface area contributed by atoms with E-state index in [-0.39, 0.29) is 6.42 Å². The zero-order valence-electron chi connectivity index (χ0n) is 13.8. The molecule has 0 fully saturated rings. The summed E-state index contributed by atoms with van der Waals surface area (Å²) < 4.78 is 5.14. The van der Waals surface area contributed by atoms with Crippen molar-refractivity contribution in [3.8, 4) is 5.75 Å². The molecule has 0 saturated carbocycles. The second kappa shape index (κ2) is 12.3. The van der Waals surface area contributed by atoms with Gasteiger partial charge in [-0.25, -0.2) is 0 Å². The molecule has 1 aromatic carbocycles. The van der Waals surface area contributed by atoms with Gasteiger partial charge in [0.2, 0.25) is 0 Å². The van der Waals surface area contributed by atoms with Crippen LogP contribution in [-0.2, 0) is 11.2 Å². The minimum atomic E-state index is -0.730. The van der Waals surface area contributed by atoms with Crippen LogP contribution in [0, 0.1) is 0 Å². The van der Waals surface area contributed by atoms with Crippen LogP contribution < -0.4 is 4.74 Å². The summed E-state index contributed by atoms with van der Waals surface area (Å²) in [5, 5.41) is 8.50. The van der Waals surface area contributed by atoms with Gasteiger partial charge in [0.1, 0.15) is 5.75 Å². The first-order valence-electron chi connectivity index (χ1n) is 8.05. The van der Waals surface area contributed by atoms with Gasteiger partial charge in [0.05, 0.1) is 7.11 Å². The highest BCUT2D eigenvalue weighted by atomic mass is 16.5. The Hall–Kier alpha value is -2.29. The van der Waals surface area contributed by atoms with Crippen LogP contribution in [-0.4, -0.2) is 18.2 Å². The molecule has 0 aliphatic carbocycles. The van der Waals surface area contributed by atoms with Crippen LogP contribution in [0.1, 0.15) is 37.7 Å². The van der Waals surface area contributed by atoms with E-state index in [1.807, 2.05) is 36.4 Å². The van der Waals surface area contributed by atoms with Gasteiger partial charge in [0.15, 0.2) is 0 Å². The first kappa shape index (κ1) is 18.8. The molecule has 0 saturated heterocycles. The topological polar surface area (TPSA) is 46.5 Å². The van der Waals surface area contributed by atoms with Gasteiger partial charge >= 0.3 is 5.97 Å². The summed E-state index contributed by atoms with van der Waals surface area (Å²) >= 11 is 0. The van der Waals surface area contributed by atoms with E-state index in [1.165, 1.54) is 5.56 Å². The molecule has 0 unspecified atom stereocenters. The number of aliphatic carboxylic acids is 1. The summed E-state index contributed by atoms with van der Waals surface area (Å²) in [5.74, 6) is 0.168. The second-order valence-electron chi connectivity index (χ2n) is 5.27. The van der Waals surface area contributed by atoms with Crippen LogP contribution in [0.5, 0.6) is 5.75 Å². The Kier molecular flexibility index (Phi) is 10.0. The monoisotopic (exact) mass is 314 g/mol. The summed E-state index contributed by atoms with van der Waals surface area (Å²) in [6.45, 7) is 0. The third kappa shape index (κ3) is 10.1. The first-order valence-corrected chi connectivity index (χ1v) is 8.05. The molecule has 23 heavy (non-hydrogen) atoms. The van der Waals surface area contributed by atoms with Gasteiger partial charge in [-0.2, -0.15) is 0 Å². The van der Waals surface area contributed by atoms with Gasteiger partial charge in [-0.3, -0.25) is 4.79 Å². The zero-order chi connectivity index (χ0) is 16.8. The number of aryl methyl sites for hydroxylation is 1. The lowest BCUT2D eigenvalue weighted by atomic mass is 10.1. The Bertz CT molecular complexity index is 524. The molecular formula is C20H26O3. The number of hydrogen-bond donors (Lipinski definition) is 1. The van der Waals surface area contributed by atoms with E-state index in [1.54, 1.807) is 7.11 Å². The van der Waals surface area contributed by atoms with Crippen molar-refractivity contribution in [2.24, 2.45) is 0 Å². The number of carbonyl (C=O) groups is 1. The van der Waals surface area contributed by atoms with Crippen molar-refractivity contribution in [2.75, 3.05) is 7.11 Å². The molecule has 3 heteroatoms. The Morgan fingerprint density at radius 3 is 2.17 bits per heavy atom. The molecule has 1 N–H and O–H groups in total. The molecule has 0 bridgehead atoms. The average Bonchev–Trinajstić information content (AvgIpc) is 2.56. The third-order valence-corrected chi connectivity index (χ3v) is 3.36. The van der Waals surface area contributed by atoms with Gasteiger partial charge < -0.3 is 9.84 Å². The van der Waals surface area contributed by atoms with E-state index in [4.69, 9.17) is 9.84 Å². The highest BCUT2D eigenvalue weighted by Crippen LogP contribution is 2.13. The van der Waals surface area contributed by atoms with Gasteiger partial charge in [0.25, 0.3) is 0 Å². The number of rotatable bonds is 11. The summed E-state index contributed by atoms with van der Waals surface area (Å²) in [6, 6.07) is 8.21. The fourth-order valence-electron chi connectivity index (χ4n) is 2.07. The lowest BCUT2D eigenvalue weighted by Gasteiger charge is -2.02. The van der Waals surface area contributed by atoms with Gasteiger partial charge in [-0.1, -0.05) is 48.6 Å². The highest BCUT2D eigenvalue weighted by molar-refractivity contribution is 5.66. The molecule has 0 spiro atoms. The number of benzene rings is 1. The van der Waals surface area contributed by atoms with Gasteiger partial charge in [-0.05, 0) is 49.8 Å². The van der Waals surface area contributed by atoms with Crippen molar-refractivity contribution in [1.82, 2.24) is 0 Å². The average molecular weight is 314 g/mol. The highest BCUT2D eigenvalue weighted by Gasteiger charge is 1.94. The molecule has 0 atom stereocenters. The number of carboxylic acids is 1. The Morgan fingerprint density at radius 1 is 1.00 bits per heavy atom. The standard InChI is InChI=1S/C20H26O3/c1-23-19-16-14-18(15-17-19)12-10-8-6-4-2-3-5-7-9-11-13-20(21)22/h2-7,14-17H,8-13H2,1H3,(H,21,22). The Morgan fingerprint density at radius 2 is 1.61 bits per heavy atom. The van der Waals surface area contributed by atoms with Crippen LogP contribution in [0.3, 0.4) is 0 Å². The fourth-order valence-corrected chi connectivity index (χ4v) is 2.07. The molecule has 0 aromatic heterocycles. The number of methoxy groups -OCH3 is 1. The number of hydrogen-bond acceptors (Lipinski definition) is 2. The maximum atomic E-state index is 10.3. The van der Waals surface area contributed by atoms with E-state index in [0.29, 0.717) is 6.42 Å². The smallest absolute Gasteiger partial charge is 0.303 e. The van der Waals surface area contributed by atoms with Crippen LogP contribution >= 0.6 is 0 Å². The number of carboxylic acid groups (broad SMARTS) is 1. The SMILES string of the molecule is COc1ccc(CCCC=CC=CC=CCCCC(=O)O)cc1. The van der Waals surface area contributed by atoms with Crippen molar-refractivity contribution in [3.63, 3.8) is 0 Å². The van der Waals surface area contributed by atoms with E-state index in [0.717, 1.165) is 31.4 Å². The Balaban J connectivity index is 2.08. The van der Waals surface area contributed by atoms with Crippen LogP contribution in [0.15, 0.2) is 60.7 Å². The molecule has 1 rings (SSSR count). The molecule has 124 valence electrons. The molecule has 1 aromatic rings. The zero-order valence-corrected chi connectivity index (χ0v) is 13.8. The summed E-state index contributed by atoms with van der Waals surface area (Å²) in [5.41, 5.74) is 1.33. The molecule has 0 amide bonds. The summed E-state index contributed by atoms with van der Waals surface area (Å²) in [4.78, 5) is 10.3. The normalized spacial score (nSPS) is 11.7. The lowest BCUT2D eigenvalue weighted by molar-refractivity contribution is -0.137. The van der Waals surface area contributed by atoms with Crippen LogP contribution in [0.4, 0.5) is 0 Å². The maximum absolute atomic E-state index is 10.3. The van der Waals surface area contributed by atoms with Crippen molar-refractivity contribution < 1.29 is 14.6 Å². The van der Waals surface area contributed by atoms with Crippen LogP contribution in [0.25, 0.3) is 0 Å². The third-order valence-electron chi connectivity index (χ3n) is 3.36. The fraction of sp³-hybridized carbons (Fsp3) is 0.350. The second-order valence-corrected chi connectivity index (χ2v) is 5.27. The van der Waals surface area contributed by atoms with Crippen molar-refractivity contribution in [3.05, 3.63) is 66.3 Å². The van der Waals surface area contributed by atoms with Crippen LogP contribution in [0.2, 0.25) is 0 Å². The van der Waals surface area contributed by atoms with Crippen molar-refractivity contribution in [1.29, 1.82) is 0 Å². The van der Waals surface area contributed by atoms with E-state index in [2.05, 4.69) is 24.3 Å². The minimum Gasteiger partial charge on any atom is -0.497 e. The maximum Gasteiger partial charge on any atom is 0.303 e. The number of unbranched alkanes of at least 4 members (excludes halogenated alkanes) is 2. The lowest BCUT2D eigenvalue weighted by Crippen LogP contribution is -1.92. The Labute approximate surface area is 139 Å². The van der Waals surface area contributed by atoms with Gasteiger partial charge in [0, 0.05) is 6.42 Å². The number of allylic oxidation sites excluding steroid dienone is 6.